The summed E-state index contributed by atoms with van der Waals surface area (Å²) >= 11 is 1.42. The molecule has 3 N–H and O–H groups in total. The molecule has 2 amide bonds. The second kappa shape index (κ2) is 11.9. The Morgan fingerprint density at radius 3 is 2.11 bits per heavy atom. The third kappa shape index (κ3) is 6.68. The molecule has 0 heterocycles. The summed E-state index contributed by atoms with van der Waals surface area (Å²) in [4.78, 5) is 38.5. The van der Waals surface area contributed by atoms with E-state index in [9.17, 15) is 19.5 Å². The lowest BCUT2D eigenvalue weighted by Gasteiger charge is -2.24. The van der Waals surface area contributed by atoms with Crippen molar-refractivity contribution < 1.29 is 19.5 Å². The molecule has 6 nitrogen and oxygen atoms in total. The minimum Gasteiger partial charge on any atom is -0.481 e. The minimum atomic E-state index is -0.956. The summed E-state index contributed by atoms with van der Waals surface area (Å²) in [6, 6.07) is 22.7. The van der Waals surface area contributed by atoms with Gasteiger partial charge in [0.2, 0.25) is 11.8 Å². The number of thioether (sulfide) groups is 1. The standard InChI is InChI=1S/C30H30N2O4S/c1-19-12-13-23(18-20(19)2)32-29(34)27(21-8-4-3-5-9-21)37-24-16-14-22(15-17-24)31-28(33)25-10-6-7-11-26(25)30(35)36/h3-9,12-18,25-27H,10-11H2,1-2H3,(H,31,33)(H,32,34)(H,35,36). The maximum Gasteiger partial charge on any atom is 0.307 e. The molecule has 3 aromatic rings. The Morgan fingerprint density at radius 1 is 0.811 bits per heavy atom. The van der Waals surface area contributed by atoms with Gasteiger partial charge in [-0.3, -0.25) is 14.4 Å². The van der Waals surface area contributed by atoms with Gasteiger partial charge in [-0.05, 0) is 79.8 Å². The highest BCUT2D eigenvalue weighted by molar-refractivity contribution is 8.00. The third-order valence-electron chi connectivity index (χ3n) is 6.58. The predicted octanol–water partition coefficient (Wildman–Crippen LogP) is 6.38. The fourth-order valence-corrected chi connectivity index (χ4v) is 5.32. The number of allylic oxidation sites excluding steroid dienone is 2. The lowest BCUT2D eigenvalue weighted by atomic mass is 9.82. The van der Waals surface area contributed by atoms with Crippen molar-refractivity contribution in [3.8, 4) is 0 Å². The molecule has 0 aromatic heterocycles. The smallest absolute Gasteiger partial charge is 0.307 e. The maximum absolute atomic E-state index is 13.3. The minimum absolute atomic E-state index is 0.123. The zero-order valence-electron chi connectivity index (χ0n) is 20.8. The molecule has 37 heavy (non-hydrogen) atoms. The molecule has 4 rings (SSSR count). The van der Waals surface area contributed by atoms with E-state index in [-0.39, 0.29) is 11.8 Å². The Hall–Kier alpha value is -3.84. The van der Waals surface area contributed by atoms with Crippen LogP contribution >= 0.6 is 11.8 Å². The number of aliphatic carboxylic acids is 1. The Morgan fingerprint density at radius 2 is 1.46 bits per heavy atom. The van der Waals surface area contributed by atoms with E-state index < -0.39 is 23.1 Å². The molecule has 3 aromatic carbocycles. The number of rotatable bonds is 8. The average Bonchev–Trinajstić information content (AvgIpc) is 2.90. The summed E-state index contributed by atoms with van der Waals surface area (Å²) in [6.45, 7) is 4.05. The summed E-state index contributed by atoms with van der Waals surface area (Å²) in [7, 11) is 0. The fourth-order valence-electron chi connectivity index (χ4n) is 4.29. The van der Waals surface area contributed by atoms with Crippen LogP contribution in [0.5, 0.6) is 0 Å². The van der Waals surface area contributed by atoms with Crippen LogP contribution in [0.15, 0.2) is 89.8 Å². The quantitative estimate of drug-likeness (QED) is 0.239. The predicted molar refractivity (Wildman–Crippen MR) is 148 cm³/mol. The van der Waals surface area contributed by atoms with E-state index in [1.54, 1.807) is 12.1 Å². The van der Waals surface area contributed by atoms with Gasteiger partial charge in [-0.1, -0.05) is 48.6 Å². The maximum atomic E-state index is 13.3. The number of anilines is 2. The molecule has 1 aliphatic carbocycles. The molecule has 0 spiro atoms. The summed E-state index contributed by atoms with van der Waals surface area (Å²) in [6.07, 6.45) is 4.43. The molecule has 0 saturated carbocycles. The van der Waals surface area contributed by atoms with E-state index in [0.717, 1.165) is 27.3 Å². The normalized spacial score (nSPS) is 17.6. The van der Waals surface area contributed by atoms with Crippen LogP contribution in [0, 0.1) is 25.7 Å². The highest BCUT2D eigenvalue weighted by Gasteiger charge is 2.34. The number of carboxylic acids is 1. The molecular formula is C30H30N2O4S. The number of carboxylic acid groups (broad SMARTS) is 1. The summed E-state index contributed by atoms with van der Waals surface area (Å²) in [5.74, 6) is -2.70. The number of nitrogens with one attached hydrogen (secondary N) is 2. The number of benzene rings is 3. The molecule has 0 saturated heterocycles. The van der Waals surface area contributed by atoms with Crippen molar-refractivity contribution in [2.45, 2.75) is 36.8 Å². The molecule has 0 aliphatic heterocycles. The third-order valence-corrected chi connectivity index (χ3v) is 7.84. The van der Waals surface area contributed by atoms with Gasteiger partial charge >= 0.3 is 5.97 Å². The van der Waals surface area contributed by atoms with Crippen LogP contribution in [0.4, 0.5) is 11.4 Å². The fraction of sp³-hybridized carbons (Fsp3) is 0.233. The summed E-state index contributed by atoms with van der Waals surface area (Å²) in [5.41, 5.74) is 4.50. The number of aryl methyl sites for hydroxylation is 2. The molecule has 190 valence electrons. The molecule has 0 radical (unpaired) electrons. The number of amides is 2. The Labute approximate surface area is 221 Å². The van der Waals surface area contributed by atoms with E-state index in [2.05, 4.69) is 10.6 Å². The zero-order chi connectivity index (χ0) is 26.4. The van der Waals surface area contributed by atoms with Crippen LogP contribution in [-0.4, -0.2) is 22.9 Å². The second-order valence-corrected chi connectivity index (χ2v) is 10.4. The van der Waals surface area contributed by atoms with Gasteiger partial charge in [0.15, 0.2) is 0 Å². The largest absolute Gasteiger partial charge is 0.481 e. The van der Waals surface area contributed by atoms with Crippen molar-refractivity contribution in [2.75, 3.05) is 10.6 Å². The van der Waals surface area contributed by atoms with Crippen molar-refractivity contribution in [3.63, 3.8) is 0 Å². The van der Waals surface area contributed by atoms with Gasteiger partial charge in [-0.25, -0.2) is 0 Å². The second-order valence-electron chi connectivity index (χ2n) is 9.20. The molecule has 3 unspecified atom stereocenters. The van der Waals surface area contributed by atoms with Crippen LogP contribution in [-0.2, 0) is 14.4 Å². The molecule has 0 bridgehead atoms. The first-order chi connectivity index (χ1) is 17.8. The van der Waals surface area contributed by atoms with Crippen molar-refractivity contribution in [1.82, 2.24) is 0 Å². The SMILES string of the molecule is Cc1ccc(NC(=O)C(Sc2ccc(NC(=O)C3CC=CCC3C(=O)O)cc2)c2ccccc2)cc1C. The Balaban J connectivity index is 1.47. The van der Waals surface area contributed by atoms with Gasteiger partial charge in [-0.15, -0.1) is 11.8 Å². The van der Waals surface area contributed by atoms with Gasteiger partial charge in [-0.2, -0.15) is 0 Å². The number of carbonyl (C=O) groups is 3. The van der Waals surface area contributed by atoms with Crippen molar-refractivity contribution in [1.29, 1.82) is 0 Å². The van der Waals surface area contributed by atoms with Gasteiger partial charge in [0.1, 0.15) is 5.25 Å². The Kier molecular flexibility index (Phi) is 8.46. The van der Waals surface area contributed by atoms with E-state index in [0.29, 0.717) is 18.5 Å². The van der Waals surface area contributed by atoms with Gasteiger partial charge < -0.3 is 15.7 Å². The van der Waals surface area contributed by atoms with Crippen LogP contribution < -0.4 is 10.6 Å². The van der Waals surface area contributed by atoms with Gasteiger partial charge in [0.25, 0.3) is 0 Å². The molecule has 3 atom stereocenters. The zero-order valence-corrected chi connectivity index (χ0v) is 21.6. The highest BCUT2D eigenvalue weighted by Crippen LogP contribution is 2.37. The summed E-state index contributed by atoms with van der Waals surface area (Å²) < 4.78 is 0. The van der Waals surface area contributed by atoms with E-state index >= 15 is 0 Å². The highest BCUT2D eigenvalue weighted by atomic mass is 32.2. The van der Waals surface area contributed by atoms with Crippen LogP contribution in [0.3, 0.4) is 0 Å². The lowest BCUT2D eigenvalue weighted by molar-refractivity contribution is -0.146. The van der Waals surface area contributed by atoms with Crippen molar-refractivity contribution in [3.05, 3.63) is 102 Å². The number of hydrogen-bond acceptors (Lipinski definition) is 4. The molecule has 0 fully saturated rings. The van der Waals surface area contributed by atoms with Crippen LogP contribution in [0.2, 0.25) is 0 Å². The first-order valence-electron chi connectivity index (χ1n) is 12.2. The molecule has 7 heteroatoms. The van der Waals surface area contributed by atoms with E-state index in [1.807, 2.05) is 86.7 Å². The first kappa shape index (κ1) is 26.2. The molecular weight excluding hydrogens is 484 g/mol. The van der Waals surface area contributed by atoms with Gasteiger partial charge in [0, 0.05) is 16.3 Å². The topological polar surface area (TPSA) is 95.5 Å². The first-order valence-corrected chi connectivity index (χ1v) is 13.1. The van der Waals surface area contributed by atoms with Gasteiger partial charge in [0.05, 0.1) is 11.8 Å². The van der Waals surface area contributed by atoms with Crippen LogP contribution in [0.25, 0.3) is 0 Å². The van der Waals surface area contributed by atoms with E-state index in [1.165, 1.54) is 11.8 Å². The van der Waals surface area contributed by atoms with E-state index in [4.69, 9.17) is 0 Å². The molecule has 1 aliphatic rings. The summed E-state index contributed by atoms with van der Waals surface area (Å²) in [5, 5.41) is 14.9. The lowest BCUT2D eigenvalue weighted by Crippen LogP contribution is -2.34. The Bertz CT molecular complexity index is 1300. The van der Waals surface area contributed by atoms with Crippen molar-refractivity contribution in [2.24, 2.45) is 11.8 Å². The van der Waals surface area contributed by atoms with Crippen LogP contribution in [0.1, 0.15) is 34.8 Å². The average molecular weight is 515 g/mol. The number of hydrogen-bond donors (Lipinski definition) is 3. The van der Waals surface area contributed by atoms with Crippen molar-refractivity contribution >= 4 is 40.9 Å². The number of carbonyl (C=O) groups excluding carboxylic acids is 2. The monoisotopic (exact) mass is 514 g/mol.